The third kappa shape index (κ3) is 5.90. The lowest BCUT2D eigenvalue weighted by molar-refractivity contribution is -0.141. The maximum Gasteiger partial charge on any atom is 0.306 e. The summed E-state index contributed by atoms with van der Waals surface area (Å²) in [6, 6.07) is 15.0. The number of hydrogen-bond acceptors (Lipinski definition) is 3. The molecule has 2 aromatic carbocycles. The lowest BCUT2D eigenvalue weighted by Crippen LogP contribution is -2.12. The molecule has 1 fully saturated rings. The molecule has 0 aliphatic heterocycles. The van der Waals surface area contributed by atoms with Gasteiger partial charge in [0.05, 0.1) is 13.0 Å². The maximum absolute atomic E-state index is 15.1. The molecule has 3 aromatic rings. The van der Waals surface area contributed by atoms with Gasteiger partial charge in [-0.1, -0.05) is 62.6 Å². The number of aryl methyl sites for hydroxylation is 1. The molecule has 176 valence electrons. The van der Waals surface area contributed by atoms with Gasteiger partial charge in [0.1, 0.15) is 5.82 Å². The van der Waals surface area contributed by atoms with Gasteiger partial charge < -0.3 is 9.84 Å². The van der Waals surface area contributed by atoms with Gasteiger partial charge in [0.15, 0.2) is 0 Å². The van der Waals surface area contributed by atoms with Crippen LogP contribution in [0.1, 0.15) is 54.9 Å². The topological polar surface area (TPSA) is 59.4 Å². The predicted molar refractivity (Wildman–Crippen MR) is 133 cm³/mol. The van der Waals surface area contributed by atoms with Gasteiger partial charge in [-0.15, -0.1) is 0 Å². The van der Waals surface area contributed by atoms with E-state index in [1.165, 1.54) is 24.8 Å². The van der Waals surface area contributed by atoms with Crippen molar-refractivity contribution < 1.29 is 19.0 Å². The van der Waals surface area contributed by atoms with Crippen molar-refractivity contribution in [2.45, 2.75) is 45.4 Å². The highest BCUT2D eigenvalue weighted by Crippen LogP contribution is 2.34. The Hall–Kier alpha value is -3.47. The van der Waals surface area contributed by atoms with E-state index in [1.807, 2.05) is 36.4 Å². The highest BCUT2D eigenvalue weighted by molar-refractivity contribution is 5.85. The molecule has 2 aliphatic rings. The third-order valence-corrected chi connectivity index (χ3v) is 6.11. The molecule has 0 radical (unpaired) electrons. The van der Waals surface area contributed by atoms with E-state index >= 15 is 4.39 Å². The molecule has 5 rings (SSSR count). The molecule has 1 aromatic heterocycles. The lowest BCUT2D eigenvalue weighted by atomic mass is 9.86. The minimum atomic E-state index is -0.803. The number of ether oxygens (including phenoxy) is 1. The number of carboxylic acids is 1. The summed E-state index contributed by atoms with van der Waals surface area (Å²) in [6.45, 7) is 1.71. The van der Waals surface area contributed by atoms with Gasteiger partial charge in [-0.05, 0) is 64.8 Å². The predicted octanol–water partition coefficient (Wildman–Crippen LogP) is 6.82. The van der Waals surface area contributed by atoms with Crippen LogP contribution in [0, 0.1) is 11.7 Å². The molecular formula is C29H30FNO3. The van der Waals surface area contributed by atoms with Crippen LogP contribution >= 0.6 is 0 Å². The largest absolute Gasteiger partial charge is 0.481 e. The number of halogens is 1. The SMILES string of the molecule is C1CC1.COc1cc(-c2ccc(C3=Cc4cc(C[C@@H](C)C(=O)O)ccc4CC3)c(F)c2)ccn1. The number of pyridine rings is 1. The van der Waals surface area contributed by atoms with E-state index in [2.05, 4.69) is 11.1 Å². The number of carbonyl (C=O) groups is 1. The first kappa shape index (κ1) is 23.7. The second-order valence-corrected chi connectivity index (χ2v) is 8.99. The van der Waals surface area contributed by atoms with Crippen LogP contribution in [0.15, 0.2) is 54.7 Å². The van der Waals surface area contributed by atoms with Gasteiger partial charge in [-0.2, -0.15) is 0 Å². The molecule has 0 bridgehead atoms. The molecular weight excluding hydrogens is 429 g/mol. The molecule has 34 heavy (non-hydrogen) atoms. The number of allylic oxidation sites excluding steroid dienone is 1. The minimum Gasteiger partial charge on any atom is -0.481 e. The number of fused-ring (bicyclic) bond motifs is 1. The normalized spacial score (nSPS) is 14.7. The number of benzene rings is 2. The Balaban J connectivity index is 0.000000846. The van der Waals surface area contributed by atoms with E-state index in [0.29, 0.717) is 17.9 Å². The summed E-state index contributed by atoms with van der Waals surface area (Å²) in [7, 11) is 1.55. The summed E-state index contributed by atoms with van der Waals surface area (Å²) >= 11 is 0. The Morgan fingerprint density at radius 3 is 2.50 bits per heavy atom. The van der Waals surface area contributed by atoms with Gasteiger partial charge >= 0.3 is 5.97 Å². The van der Waals surface area contributed by atoms with E-state index in [-0.39, 0.29) is 5.82 Å². The minimum absolute atomic E-state index is 0.265. The molecule has 0 saturated heterocycles. The van der Waals surface area contributed by atoms with Crippen molar-refractivity contribution in [1.82, 2.24) is 4.98 Å². The smallest absolute Gasteiger partial charge is 0.306 e. The summed E-state index contributed by atoms with van der Waals surface area (Å²) < 4.78 is 20.2. The van der Waals surface area contributed by atoms with Crippen LogP contribution in [0.2, 0.25) is 0 Å². The van der Waals surface area contributed by atoms with Gasteiger partial charge in [0.25, 0.3) is 0 Å². The van der Waals surface area contributed by atoms with Crippen molar-refractivity contribution in [2.75, 3.05) is 7.11 Å². The standard InChI is InChI=1S/C26H24FNO3.C3H6/c1-16(26(29)30)11-17-3-4-18-5-6-21(13-22(18)12-17)23-8-7-19(14-24(23)27)20-9-10-28-25(15-20)31-2;1-2-3-1/h3-4,7-10,12-16H,5-6,11H2,1-2H3,(H,29,30);1-3H2/t16-;/m1./s1. The molecule has 0 spiro atoms. The zero-order valence-electron chi connectivity index (χ0n) is 19.7. The first-order valence-electron chi connectivity index (χ1n) is 11.8. The van der Waals surface area contributed by atoms with Gasteiger partial charge in [0, 0.05) is 17.8 Å². The summed E-state index contributed by atoms with van der Waals surface area (Å²) in [6.07, 6.45) is 10.2. The summed E-state index contributed by atoms with van der Waals surface area (Å²) in [5.74, 6) is -1.02. The zero-order valence-corrected chi connectivity index (χ0v) is 19.7. The number of hydrogen-bond donors (Lipinski definition) is 1. The van der Waals surface area contributed by atoms with Gasteiger partial charge in [-0.3, -0.25) is 4.79 Å². The molecule has 1 atom stereocenters. The Labute approximate surface area is 200 Å². The molecule has 0 unspecified atom stereocenters. The van der Waals surface area contributed by atoms with Crippen molar-refractivity contribution in [3.05, 3.63) is 82.8 Å². The number of nitrogens with zero attached hydrogens (tertiary/aromatic N) is 1. The monoisotopic (exact) mass is 459 g/mol. The van der Waals surface area contributed by atoms with Gasteiger partial charge in [-0.25, -0.2) is 9.37 Å². The molecule has 2 aliphatic carbocycles. The van der Waals surface area contributed by atoms with Crippen molar-refractivity contribution in [1.29, 1.82) is 0 Å². The van der Waals surface area contributed by atoms with Crippen molar-refractivity contribution >= 4 is 17.6 Å². The highest BCUT2D eigenvalue weighted by Gasteiger charge is 2.17. The number of aromatic nitrogens is 1. The van der Waals surface area contributed by atoms with Crippen LogP contribution in [0.4, 0.5) is 4.39 Å². The van der Waals surface area contributed by atoms with Gasteiger partial charge in [0.2, 0.25) is 5.88 Å². The molecule has 4 nitrogen and oxygen atoms in total. The van der Waals surface area contributed by atoms with E-state index in [1.54, 1.807) is 32.4 Å². The van der Waals surface area contributed by atoms with Crippen LogP contribution in [-0.2, 0) is 17.6 Å². The fraction of sp³-hybridized carbons (Fsp3) is 0.310. The molecule has 1 heterocycles. The maximum atomic E-state index is 15.1. The van der Waals surface area contributed by atoms with E-state index in [4.69, 9.17) is 4.74 Å². The Bertz CT molecular complexity index is 1210. The zero-order chi connectivity index (χ0) is 24.1. The molecule has 0 amide bonds. The number of methoxy groups -OCH3 is 1. The van der Waals surface area contributed by atoms with Crippen molar-refractivity contribution in [3.63, 3.8) is 0 Å². The average Bonchev–Trinajstić information content (AvgIpc) is 3.73. The Morgan fingerprint density at radius 1 is 1.06 bits per heavy atom. The Kier molecular flexibility index (Phi) is 7.41. The third-order valence-electron chi connectivity index (χ3n) is 6.11. The second-order valence-electron chi connectivity index (χ2n) is 8.99. The van der Waals surface area contributed by atoms with Crippen LogP contribution in [-0.4, -0.2) is 23.2 Å². The summed E-state index contributed by atoms with van der Waals surface area (Å²) in [4.78, 5) is 15.3. The first-order valence-corrected chi connectivity index (χ1v) is 11.8. The van der Waals surface area contributed by atoms with E-state index in [9.17, 15) is 9.90 Å². The summed E-state index contributed by atoms with van der Waals surface area (Å²) in [5.41, 5.74) is 6.39. The number of rotatable bonds is 6. The highest BCUT2D eigenvalue weighted by atomic mass is 19.1. The molecule has 1 saturated carbocycles. The van der Waals surface area contributed by atoms with Crippen LogP contribution in [0.3, 0.4) is 0 Å². The van der Waals surface area contributed by atoms with Crippen LogP contribution in [0.5, 0.6) is 5.88 Å². The van der Waals surface area contributed by atoms with E-state index in [0.717, 1.165) is 40.7 Å². The number of carboxylic acid groups (broad SMARTS) is 1. The average molecular weight is 460 g/mol. The lowest BCUT2D eigenvalue weighted by Gasteiger charge is -2.19. The quantitative estimate of drug-likeness (QED) is 0.440. The van der Waals surface area contributed by atoms with Crippen molar-refractivity contribution in [3.8, 4) is 17.0 Å². The van der Waals surface area contributed by atoms with E-state index < -0.39 is 11.9 Å². The van der Waals surface area contributed by atoms with Crippen molar-refractivity contribution in [2.24, 2.45) is 5.92 Å². The fourth-order valence-corrected chi connectivity index (χ4v) is 3.97. The van der Waals surface area contributed by atoms with Crippen LogP contribution < -0.4 is 4.74 Å². The molecule has 5 heteroatoms. The van der Waals surface area contributed by atoms with Crippen LogP contribution in [0.25, 0.3) is 22.8 Å². The second kappa shape index (κ2) is 10.6. The molecule has 1 N–H and O–H groups in total. The first-order chi connectivity index (χ1) is 16.4. The number of aliphatic carboxylic acids is 1. The fourth-order valence-electron chi connectivity index (χ4n) is 3.97. The summed E-state index contributed by atoms with van der Waals surface area (Å²) in [5, 5.41) is 9.17. The Morgan fingerprint density at radius 2 is 1.82 bits per heavy atom.